The van der Waals surface area contributed by atoms with Crippen LogP contribution < -0.4 is 10.6 Å². The molecular formula is C23H26N2O6. The second-order valence-corrected chi connectivity index (χ2v) is 7.77. The van der Waals surface area contributed by atoms with Crippen LogP contribution in [-0.2, 0) is 14.3 Å². The molecular weight excluding hydrogens is 400 g/mol. The van der Waals surface area contributed by atoms with Gasteiger partial charge < -0.3 is 25.6 Å². The molecule has 2 aromatic rings. The lowest BCUT2D eigenvalue weighted by Gasteiger charge is -2.23. The van der Waals surface area contributed by atoms with E-state index in [9.17, 15) is 14.4 Å². The van der Waals surface area contributed by atoms with Gasteiger partial charge in [0.15, 0.2) is 0 Å². The van der Waals surface area contributed by atoms with E-state index in [1.165, 1.54) is 0 Å². The summed E-state index contributed by atoms with van der Waals surface area (Å²) in [4.78, 5) is 35.9. The fourth-order valence-electron chi connectivity index (χ4n) is 3.75. The SMILES string of the molecule is CC(C)C(NC(=O)OCC1c2ccccc2-c2ccccc21)C(=O)N[C@H](CO)C(=O)O. The lowest BCUT2D eigenvalue weighted by molar-refractivity contribution is -0.143. The molecule has 4 N–H and O–H groups in total. The van der Waals surface area contributed by atoms with Crippen molar-refractivity contribution >= 4 is 18.0 Å². The highest BCUT2D eigenvalue weighted by atomic mass is 16.5. The summed E-state index contributed by atoms with van der Waals surface area (Å²) < 4.78 is 5.45. The Labute approximate surface area is 180 Å². The van der Waals surface area contributed by atoms with E-state index >= 15 is 0 Å². The standard InChI is InChI=1S/C23H26N2O6/c1-13(2)20(21(27)24-19(11-26)22(28)29)25-23(30)31-12-18-16-9-5-3-7-14(16)15-8-4-6-10-17(15)18/h3-10,13,18-20,26H,11-12H2,1-2H3,(H,24,27)(H,25,30)(H,28,29)/t19-,20?/m1/s1. The number of ether oxygens (including phenoxy) is 1. The Balaban J connectivity index is 1.66. The van der Waals surface area contributed by atoms with E-state index in [1.807, 2.05) is 48.5 Å². The van der Waals surface area contributed by atoms with E-state index < -0.39 is 36.7 Å². The number of amides is 2. The Bertz CT molecular complexity index is 929. The molecule has 0 fully saturated rings. The third-order valence-corrected chi connectivity index (χ3v) is 5.36. The van der Waals surface area contributed by atoms with Gasteiger partial charge in [-0.05, 0) is 28.2 Å². The Morgan fingerprint density at radius 3 is 2.00 bits per heavy atom. The summed E-state index contributed by atoms with van der Waals surface area (Å²) in [7, 11) is 0. The quantitative estimate of drug-likeness (QED) is 0.512. The van der Waals surface area contributed by atoms with Gasteiger partial charge in [0.2, 0.25) is 5.91 Å². The van der Waals surface area contributed by atoms with Crippen LogP contribution in [0.5, 0.6) is 0 Å². The van der Waals surface area contributed by atoms with Crippen LogP contribution in [0, 0.1) is 5.92 Å². The number of hydrogen-bond donors (Lipinski definition) is 4. The fraction of sp³-hybridized carbons (Fsp3) is 0.348. The Hall–Kier alpha value is -3.39. The average Bonchev–Trinajstić information content (AvgIpc) is 3.07. The van der Waals surface area contributed by atoms with E-state index in [4.69, 9.17) is 14.9 Å². The summed E-state index contributed by atoms with van der Waals surface area (Å²) in [5, 5.41) is 22.8. The van der Waals surface area contributed by atoms with Gasteiger partial charge in [0.1, 0.15) is 18.7 Å². The molecule has 8 heteroatoms. The van der Waals surface area contributed by atoms with Gasteiger partial charge in [0.05, 0.1) is 6.61 Å². The summed E-state index contributed by atoms with van der Waals surface area (Å²) in [6.45, 7) is 2.77. The Morgan fingerprint density at radius 2 is 1.52 bits per heavy atom. The molecule has 3 rings (SSSR count). The molecule has 0 aliphatic heterocycles. The highest BCUT2D eigenvalue weighted by Gasteiger charge is 2.31. The van der Waals surface area contributed by atoms with Crippen molar-refractivity contribution < 1.29 is 29.3 Å². The summed E-state index contributed by atoms with van der Waals surface area (Å²) in [5.41, 5.74) is 4.36. The Morgan fingerprint density at radius 1 is 0.968 bits per heavy atom. The third kappa shape index (κ3) is 4.86. The first-order valence-corrected chi connectivity index (χ1v) is 10.1. The summed E-state index contributed by atoms with van der Waals surface area (Å²) in [6, 6.07) is 13.4. The highest BCUT2D eigenvalue weighted by Crippen LogP contribution is 2.44. The minimum absolute atomic E-state index is 0.0979. The van der Waals surface area contributed by atoms with Crippen LogP contribution in [0.2, 0.25) is 0 Å². The van der Waals surface area contributed by atoms with Gasteiger partial charge in [-0.2, -0.15) is 0 Å². The molecule has 1 unspecified atom stereocenters. The topological polar surface area (TPSA) is 125 Å². The molecule has 0 bridgehead atoms. The lowest BCUT2D eigenvalue weighted by Crippen LogP contribution is -2.54. The molecule has 0 heterocycles. The predicted molar refractivity (Wildman–Crippen MR) is 113 cm³/mol. The number of nitrogens with one attached hydrogen (secondary N) is 2. The van der Waals surface area contributed by atoms with Crippen LogP contribution in [0.3, 0.4) is 0 Å². The van der Waals surface area contributed by atoms with Crippen molar-refractivity contribution in [2.75, 3.05) is 13.2 Å². The minimum atomic E-state index is -1.45. The first kappa shape index (κ1) is 22.3. The van der Waals surface area contributed by atoms with Crippen molar-refractivity contribution in [1.82, 2.24) is 10.6 Å². The molecule has 164 valence electrons. The number of rotatable bonds is 8. The van der Waals surface area contributed by atoms with Gasteiger partial charge >= 0.3 is 12.1 Å². The molecule has 1 aliphatic carbocycles. The number of carboxylic acids is 1. The van der Waals surface area contributed by atoms with Gasteiger partial charge in [-0.1, -0.05) is 62.4 Å². The number of benzene rings is 2. The van der Waals surface area contributed by atoms with E-state index in [0.717, 1.165) is 22.3 Å². The number of carbonyl (C=O) groups is 3. The molecule has 0 saturated carbocycles. The number of alkyl carbamates (subject to hydrolysis) is 1. The summed E-state index contributed by atoms with van der Waals surface area (Å²) in [5.74, 6) is -2.51. The van der Waals surface area contributed by atoms with Gasteiger partial charge in [-0.25, -0.2) is 9.59 Å². The number of fused-ring (bicyclic) bond motifs is 3. The van der Waals surface area contributed by atoms with Crippen LogP contribution in [0.25, 0.3) is 11.1 Å². The third-order valence-electron chi connectivity index (χ3n) is 5.36. The number of aliphatic carboxylic acids is 1. The van der Waals surface area contributed by atoms with Crippen LogP contribution in [-0.4, -0.2) is 53.5 Å². The fourth-order valence-corrected chi connectivity index (χ4v) is 3.75. The molecule has 2 amide bonds. The van der Waals surface area contributed by atoms with Crippen LogP contribution >= 0.6 is 0 Å². The second kappa shape index (κ2) is 9.61. The monoisotopic (exact) mass is 426 g/mol. The summed E-state index contributed by atoms with van der Waals surface area (Å²) >= 11 is 0. The number of aliphatic hydroxyl groups excluding tert-OH is 1. The van der Waals surface area contributed by atoms with E-state index in [0.29, 0.717) is 0 Å². The summed E-state index contributed by atoms with van der Waals surface area (Å²) in [6.07, 6.45) is -0.772. The number of hydrogen-bond acceptors (Lipinski definition) is 5. The maximum atomic E-state index is 12.5. The first-order valence-electron chi connectivity index (χ1n) is 10.1. The molecule has 0 saturated heterocycles. The molecule has 8 nitrogen and oxygen atoms in total. The molecule has 0 radical (unpaired) electrons. The van der Waals surface area contributed by atoms with E-state index in [2.05, 4.69) is 10.6 Å². The van der Waals surface area contributed by atoms with Gasteiger partial charge in [0.25, 0.3) is 0 Å². The maximum absolute atomic E-state index is 12.5. The van der Waals surface area contributed by atoms with Crippen molar-refractivity contribution in [3.8, 4) is 11.1 Å². The van der Waals surface area contributed by atoms with Crippen molar-refractivity contribution in [3.05, 3.63) is 59.7 Å². The van der Waals surface area contributed by atoms with Gasteiger partial charge in [0, 0.05) is 5.92 Å². The molecule has 1 aliphatic rings. The Kier molecular flexibility index (Phi) is 6.91. The van der Waals surface area contributed by atoms with Gasteiger partial charge in [-0.15, -0.1) is 0 Å². The van der Waals surface area contributed by atoms with Crippen molar-refractivity contribution in [2.24, 2.45) is 5.92 Å². The first-order chi connectivity index (χ1) is 14.8. The number of carboxylic acid groups (broad SMARTS) is 1. The molecule has 2 atom stereocenters. The largest absolute Gasteiger partial charge is 0.480 e. The van der Waals surface area contributed by atoms with Crippen LogP contribution in [0.4, 0.5) is 4.79 Å². The molecule has 0 spiro atoms. The molecule has 2 aromatic carbocycles. The predicted octanol–water partition coefficient (Wildman–Crippen LogP) is 2.11. The number of aliphatic hydroxyl groups is 1. The average molecular weight is 426 g/mol. The minimum Gasteiger partial charge on any atom is -0.480 e. The highest BCUT2D eigenvalue weighted by molar-refractivity contribution is 5.89. The molecule has 31 heavy (non-hydrogen) atoms. The normalized spacial score (nSPS) is 14.3. The van der Waals surface area contributed by atoms with E-state index in [-0.39, 0.29) is 18.4 Å². The zero-order valence-corrected chi connectivity index (χ0v) is 17.4. The molecule has 0 aromatic heterocycles. The maximum Gasteiger partial charge on any atom is 0.407 e. The zero-order chi connectivity index (χ0) is 22.5. The zero-order valence-electron chi connectivity index (χ0n) is 17.4. The van der Waals surface area contributed by atoms with Crippen LogP contribution in [0.15, 0.2) is 48.5 Å². The van der Waals surface area contributed by atoms with Crippen molar-refractivity contribution in [3.63, 3.8) is 0 Å². The lowest BCUT2D eigenvalue weighted by atomic mass is 9.98. The van der Waals surface area contributed by atoms with Gasteiger partial charge in [-0.3, -0.25) is 4.79 Å². The second-order valence-electron chi connectivity index (χ2n) is 7.77. The smallest absolute Gasteiger partial charge is 0.407 e. The van der Waals surface area contributed by atoms with Crippen molar-refractivity contribution in [2.45, 2.75) is 31.8 Å². The number of carbonyl (C=O) groups excluding carboxylic acids is 2. The van der Waals surface area contributed by atoms with E-state index in [1.54, 1.807) is 13.8 Å². The van der Waals surface area contributed by atoms with Crippen LogP contribution in [0.1, 0.15) is 30.9 Å². The van der Waals surface area contributed by atoms with Crippen molar-refractivity contribution in [1.29, 1.82) is 0 Å².